The van der Waals surface area contributed by atoms with Crippen LogP contribution >= 0.6 is 0 Å². The molecule has 1 aliphatic rings. The summed E-state index contributed by atoms with van der Waals surface area (Å²) < 4.78 is 0. The minimum absolute atomic E-state index is 0.237. The van der Waals surface area contributed by atoms with E-state index in [9.17, 15) is 14.7 Å². The van der Waals surface area contributed by atoms with E-state index in [-0.39, 0.29) is 11.9 Å². The van der Waals surface area contributed by atoms with Gasteiger partial charge >= 0.3 is 5.97 Å². The Kier molecular flexibility index (Phi) is 4.77. The molecule has 1 aromatic heterocycles. The van der Waals surface area contributed by atoms with Crippen LogP contribution in [0, 0.1) is 5.92 Å². The van der Waals surface area contributed by atoms with Crippen LogP contribution in [0.15, 0.2) is 18.3 Å². The van der Waals surface area contributed by atoms with Crippen LogP contribution in [-0.4, -0.2) is 42.1 Å². The minimum Gasteiger partial charge on any atom is -0.481 e. The Hall–Kier alpha value is -2.11. The fraction of sp³-hybridized carbons (Fsp3) is 0.533. The number of hydrogen-bond acceptors (Lipinski definition) is 4. The van der Waals surface area contributed by atoms with E-state index in [4.69, 9.17) is 0 Å². The summed E-state index contributed by atoms with van der Waals surface area (Å²) in [5.41, 5.74) is 0.503. The first-order chi connectivity index (χ1) is 9.99. The first kappa shape index (κ1) is 15.3. The van der Waals surface area contributed by atoms with Crippen LogP contribution < -0.4 is 10.2 Å². The average molecular weight is 291 g/mol. The highest BCUT2D eigenvalue weighted by atomic mass is 16.4. The monoisotopic (exact) mass is 291 g/mol. The SMILES string of the molecule is CN(C)c1cc(C(=O)NC2CCCCC2C(=O)O)ccn1. The van der Waals surface area contributed by atoms with Crippen LogP contribution in [0.2, 0.25) is 0 Å². The van der Waals surface area contributed by atoms with Crippen LogP contribution in [0.3, 0.4) is 0 Å². The molecule has 6 nitrogen and oxygen atoms in total. The number of anilines is 1. The quantitative estimate of drug-likeness (QED) is 0.879. The summed E-state index contributed by atoms with van der Waals surface area (Å²) in [7, 11) is 3.71. The number of nitrogens with zero attached hydrogens (tertiary/aromatic N) is 2. The highest BCUT2D eigenvalue weighted by Gasteiger charge is 2.32. The number of carbonyl (C=O) groups excluding carboxylic acids is 1. The summed E-state index contributed by atoms with van der Waals surface area (Å²) in [6.45, 7) is 0. The maximum absolute atomic E-state index is 12.3. The molecule has 2 unspecified atom stereocenters. The molecule has 0 spiro atoms. The predicted molar refractivity (Wildman–Crippen MR) is 79.4 cm³/mol. The van der Waals surface area contributed by atoms with Gasteiger partial charge in [0.25, 0.3) is 5.91 Å². The molecular formula is C15H21N3O3. The van der Waals surface area contributed by atoms with Crippen LogP contribution in [0.5, 0.6) is 0 Å². The minimum atomic E-state index is -0.830. The molecule has 2 rings (SSSR count). The third-order valence-electron chi connectivity index (χ3n) is 3.87. The largest absolute Gasteiger partial charge is 0.481 e. The van der Waals surface area contributed by atoms with Gasteiger partial charge in [-0.1, -0.05) is 12.8 Å². The number of aromatic nitrogens is 1. The fourth-order valence-electron chi connectivity index (χ4n) is 2.66. The van der Waals surface area contributed by atoms with Crippen molar-refractivity contribution in [2.45, 2.75) is 31.7 Å². The average Bonchev–Trinajstić information content (AvgIpc) is 2.47. The summed E-state index contributed by atoms with van der Waals surface area (Å²) in [4.78, 5) is 29.5. The van der Waals surface area contributed by atoms with E-state index in [2.05, 4.69) is 10.3 Å². The topological polar surface area (TPSA) is 82.5 Å². The molecule has 1 fully saturated rings. The molecule has 0 aliphatic heterocycles. The number of aliphatic carboxylic acids is 1. The van der Waals surface area contributed by atoms with E-state index in [0.29, 0.717) is 24.2 Å². The van der Waals surface area contributed by atoms with Gasteiger partial charge in [-0.25, -0.2) is 4.98 Å². The summed E-state index contributed by atoms with van der Waals surface area (Å²) in [5.74, 6) is -0.860. The lowest BCUT2D eigenvalue weighted by molar-refractivity contribution is -0.143. The second-order valence-electron chi connectivity index (χ2n) is 5.61. The summed E-state index contributed by atoms with van der Waals surface area (Å²) in [6, 6.07) is 3.05. The van der Waals surface area contributed by atoms with Crippen LogP contribution in [0.1, 0.15) is 36.0 Å². The Labute approximate surface area is 124 Å². The third kappa shape index (κ3) is 3.71. The highest BCUT2D eigenvalue weighted by Crippen LogP contribution is 2.25. The number of pyridine rings is 1. The summed E-state index contributed by atoms with van der Waals surface area (Å²) in [6.07, 6.45) is 4.78. The van der Waals surface area contributed by atoms with Crippen molar-refractivity contribution in [3.05, 3.63) is 23.9 Å². The molecule has 1 heterocycles. The number of carbonyl (C=O) groups is 2. The zero-order chi connectivity index (χ0) is 15.4. The fourth-order valence-corrected chi connectivity index (χ4v) is 2.66. The van der Waals surface area contributed by atoms with Gasteiger partial charge < -0.3 is 15.3 Å². The smallest absolute Gasteiger partial charge is 0.308 e. The van der Waals surface area contributed by atoms with Crippen molar-refractivity contribution in [2.24, 2.45) is 5.92 Å². The molecule has 1 aromatic rings. The van der Waals surface area contributed by atoms with Crippen molar-refractivity contribution in [3.8, 4) is 0 Å². The molecule has 1 amide bonds. The second-order valence-corrected chi connectivity index (χ2v) is 5.61. The van der Waals surface area contributed by atoms with Gasteiger partial charge in [0, 0.05) is 31.9 Å². The van der Waals surface area contributed by atoms with Gasteiger partial charge in [0.2, 0.25) is 0 Å². The van der Waals surface area contributed by atoms with Gasteiger partial charge in [-0.2, -0.15) is 0 Å². The normalized spacial score (nSPS) is 21.6. The third-order valence-corrected chi connectivity index (χ3v) is 3.87. The van der Waals surface area contributed by atoms with E-state index < -0.39 is 11.9 Å². The molecule has 1 aliphatic carbocycles. The van der Waals surface area contributed by atoms with Crippen LogP contribution in [0.25, 0.3) is 0 Å². The highest BCUT2D eigenvalue weighted by molar-refractivity contribution is 5.95. The Morgan fingerprint density at radius 3 is 2.71 bits per heavy atom. The van der Waals surface area contributed by atoms with Crippen LogP contribution in [-0.2, 0) is 4.79 Å². The first-order valence-electron chi connectivity index (χ1n) is 7.16. The lowest BCUT2D eigenvalue weighted by Crippen LogP contribution is -2.45. The molecule has 114 valence electrons. The van der Waals surface area contributed by atoms with Gasteiger partial charge in [-0.05, 0) is 25.0 Å². The predicted octanol–water partition coefficient (Wildman–Crippen LogP) is 1.52. The van der Waals surface area contributed by atoms with E-state index in [1.807, 2.05) is 19.0 Å². The standard InChI is InChI=1S/C15H21N3O3/c1-18(2)13-9-10(7-8-16-13)14(19)17-12-6-4-3-5-11(12)15(20)21/h7-9,11-12H,3-6H2,1-2H3,(H,17,19)(H,20,21). The molecule has 0 bridgehead atoms. The number of rotatable bonds is 4. The maximum Gasteiger partial charge on any atom is 0.308 e. The molecular weight excluding hydrogens is 270 g/mol. The number of amides is 1. The van der Waals surface area contributed by atoms with Crippen molar-refractivity contribution in [1.82, 2.24) is 10.3 Å². The van der Waals surface area contributed by atoms with Gasteiger partial charge in [0.15, 0.2) is 0 Å². The van der Waals surface area contributed by atoms with Crippen LogP contribution in [0.4, 0.5) is 5.82 Å². The molecule has 6 heteroatoms. The number of hydrogen-bond donors (Lipinski definition) is 2. The van der Waals surface area contributed by atoms with E-state index >= 15 is 0 Å². The molecule has 0 aromatic carbocycles. The zero-order valence-corrected chi connectivity index (χ0v) is 12.4. The first-order valence-corrected chi connectivity index (χ1v) is 7.16. The Bertz CT molecular complexity index is 531. The molecule has 1 saturated carbocycles. The maximum atomic E-state index is 12.3. The van der Waals surface area contributed by atoms with Gasteiger partial charge in [0.05, 0.1) is 5.92 Å². The Morgan fingerprint density at radius 1 is 1.33 bits per heavy atom. The van der Waals surface area contributed by atoms with E-state index in [1.165, 1.54) is 0 Å². The Morgan fingerprint density at radius 2 is 2.05 bits per heavy atom. The van der Waals surface area contributed by atoms with E-state index in [1.54, 1.807) is 18.3 Å². The van der Waals surface area contributed by atoms with Gasteiger partial charge in [-0.15, -0.1) is 0 Å². The zero-order valence-electron chi connectivity index (χ0n) is 12.4. The lowest BCUT2D eigenvalue weighted by Gasteiger charge is -2.29. The summed E-state index contributed by atoms with van der Waals surface area (Å²) in [5, 5.41) is 12.1. The molecule has 0 saturated heterocycles. The van der Waals surface area contributed by atoms with E-state index in [0.717, 1.165) is 12.8 Å². The summed E-state index contributed by atoms with van der Waals surface area (Å²) >= 11 is 0. The Balaban J connectivity index is 2.09. The van der Waals surface area contributed by atoms with Gasteiger partial charge in [0.1, 0.15) is 5.82 Å². The molecule has 2 N–H and O–H groups in total. The molecule has 2 atom stereocenters. The van der Waals surface area contributed by atoms with Crippen molar-refractivity contribution < 1.29 is 14.7 Å². The van der Waals surface area contributed by atoms with Crippen molar-refractivity contribution in [2.75, 3.05) is 19.0 Å². The number of carboxylic acids is 1. The molecule has 21 heavy (non-hydrogen) atoms. The molecule has 0 radical (unpaired) electrons. The second kappa shape index (κ2) is 6.56. The lowest BCUT2D eigenvalue weighted by atomic mass is 9.84. The van der Waals surface area contributed by atoms with Crippen molar-refractivity contribution in [3.63, 3.8) is 0 Å². The van der Waals surface area contributed by atoms with Crippen molar-refractivity contribution in [1.29, 1.82) is 0 Å². The van der Waals surface area contributed by atoms with Gasteiger partial charge in [-0.3, -0.25) is 9.59 Å². The number of nitrogens with one attached hydrogen (secondary N) is 1. The van der Waals surface area contributed by atoms with Crippen molar-refractivity contribution >= 4 is 17.7 Å². The number of carboxylic acid groups (broad SMARTS) is 1.